The first kappa shape index (κ1) is 21.2. The van der Waals surface area contributed by atoms with Gasteiger partial charge in [-0.2, -0.15) is 5.10 Å². The predicted octanol–water partition coefficient (Wildman–Crippen LogP) is 5.04. The van der Waals surface area contributed by atoms with Crippen LogP contribution < -0.4 is 14.8 Å². The minimum atomic E-state index is -0.543. The lowest BCUT2D eigenvalue weighted by atomic mass is 10.0. The first-order valence-corrected chi connectivity index (χ1v) is 9.79. The summed E-state index contributed by atoms with van der Waals surface area (Å²) in [6.07, 6.45) is 0.179. The minimum Gasteiger partial charge on any atom is -0.497 e. The molecular weight excluding hydrogens is 382 g/mol. The van der Waals surface area contributed by atoms with Crippen molar-refractivity contribution in [2.24, 2.45) is 5.92 Å². The highest BCUT2D eigenvalue weighted by Crippen LogP contribution is 2.38. The number of carbonyl (C=O) groups excluding carboxylic acids is 1. The van der Waals surface area contributed by atoms with Crippen LogP contribution in [0.25, 0.3) is 11.3 Å². The van der Waals surface area contributed by atoms with Gasteiger partial charge in [-0.05, 0) is 30.0 Å². The lowest BCUT2D eigenvalue weighted by Crippen LogP contribution is -2.15. The molecule has 0 unspecified atom stereocenters. The Morgan fingerprint density at radius 2 is 1.87 bits per heavy atom. The van der Waals surface area contributed by atoms with Crippen LogP contribution in [0.3, 0.4) is 0 Å². The van der Waals surface area contributed by atoms with Crippen molar-refractivity contribution in [3.8, 4) is 22.8 Å². The van der Waals surface area contributed by atoms with Gasteiger partial charge in [-0.15, -0.1) is 0 Å². The number of nitrogens with one attached hydrogen (secondary N) is 2. The van der Waals surface area contributed by atoms with Crippen LogP contribution in [0.5, 0.6) is 11.5 Å². The highest BCUT2D eigenvalue weighted by atomic mass is 16.5. The maximum absolute atomic E-state index is 12.5. The smallest absolute Gasteiger partial charge is 0.412 e. The van der Waals surface area contributed by atoms with E-state index in [0.717, 1.165) is 23.2 Å². The lowest BCUT2D eigenvalue weighted by Gasteiger charge is -2.13. The fraction of sp³-hybridized carbons (Fsp3) is 0.304. The van der Waals surface area contributed by atoms with Crippen LogP contribution in [0.4, 0.5) is 10.5 Å². The number of carbonyl (C=O) groups is 1. The topological polar surface area (TPSA) is 85.5 Å². The summed E-state index contributed by atoms with van der Waals surface area (Å²) in [6.45, 7) is 4.39. The molecule has 0 bridgehead atoms. The van der Waals surface area contributed by atoms with Crippen molar-refractivity contribution in [1.82, 2.24) is 10.2 Å². The molecule has 0 fully saturated rings. The van der Waals surface area contributed by atoms with Gasteiger partial charge in [0.25, 0.3) is 0 Å². The number of hydrogen-bond acceptors (Lipinski definition) is 5. The third-order valence-corrected chi connectivity index (χ3v) is 4.56. The molecule has 30 heavy (non-hydrogen) atoms. The Morgan fingerprint density at radius 3 is 2.53 bits per heavy atom. The van der Waals surface area contributed by atoms with Gasteiger partial charge in [0.05, 0.1) is 25.6 Å². The number of aromatic nitrogens is 2. The van der Waals surface area contributed by atoms with Gasteiger partial charge in [-0.25, -0.2) is 4.79 Å². The molecule has 158 valence electrons. The van der Waals surface area contributed by atoms with E-state index in [1.54, 1.807) is 20.3 Å². The molecule has 0 aliphatic heterocycles. The van der Waals surface area contributed by atoms with Gasteiger partial charge in [0.15, 0.2) is 0 Å². The summed E-state index contributed by atoms with van der Waals surface area (Å²) >= 11 is 0. The van der Waals surface area contributed by atoms with E-state index in [-0.39, 0.29) is 6.61 Å². The van der Waals surface area contributed by atoms with E-state index in [9.17, 15) is 4.79 Å². The quantitative estimate of drug-likeness (QED) is 0.544. The van der Waals surface area contributed by atoms with Crippen molar-refractivity contribution in [2.75, 3.05) is 19.5 Å². The van der Waals surface area contributed by atoms with Crippen molar-refractivity contribution >= 4 is 11.8 Å². The SMILES string of the molecule is COc1ccc(-c2n[nH]c(CC(C)C)c2NC(=O)OCc2ccccc2)c(OC)c1. The molecule has 0 spiro atoms. The molecule has 3 rings (SSSR count). The average molecular weight is 409 g/mol. The lowest BCUT2D eigenvalue weighted by molar-refractivity contribution is 0.155. The summed E-state index contributed by atoms with van der Waals surface area (Å²) in [5, 5.41) is 10.4. The zero-order valence-electron chi connectivity index (χ0n) is 17.7. The van der Waals surface area contributed by atoms with Crippen molar-refractivity contribution in [3.05, 3.63) is 59.8 Å². The van der Waals surface area contributed by atoms with Gasteiger partial charge < -0.3 is 14.2 Å². The van der Waals surface area contributed by atoms with E-state index in [0.29, 0.717) is 28.8 Å². The van der Waals surface area contributed by atoms with Crippen LogP contribution in [0.1, 0.15) is 25.1 Å². The maximum Gasteiger partial charge on any atom is 0.412 e. The largest absolute Gasteiger partial charge is 0.497 e. The zero-order valence-corrected chi connectivity index (χ0v) is 17.7. The summed E-state index contributed by atoms with van der Waals surface area (Å²) < 4.78 is 16.2. The van der Waals surface area contributed by atoms with E-state index in [1.165, 1.54) is 0 Å². The fourth-order valence-electron chi connectivity index (χ4n) is 3.12. The van der Waals surface area contributed by atoms with E-state index in [4.69, 9.17) is 14.2 Å². The number of hydrogen-bond donors (Lipinski definition) is 2. The first-order valence-electron chi connectivity index (χ1n) is 9.79. The van der Waals surface area contributed by atoms with Gasteiger partial charge in [-0.1, -0.05) is 44.2 Å². The molecule has 3 aromatic rings. The van der Waals surface area contributed by atoms with Crippen LogP contribution in [-0.4, -0.2) is 30.5 Å². The van der Waals surface area contributed by atoms with Gasteiger partial charge in [0.2, 0.25) is 0 Å². The second-order valence-corrected chi connectivity index (χ2v) is 7.28. The third kappa shape index (κ3) is 5.11. The molecule has 0 atom stereocenters. The molecule has 1 amide bonds. The molecule has 0 saturated heterocycles. The van der Waals surface area contributed by atoms with Crippen molar-refractivity contribution in [2.45, 2.75) is 26.9 Å². The molecule has 0 aliphatic rings. The zero-order chi connectivity index (χ0) is 21.5. The number of aromatic amines is 1. The number of anilines is 1. The summed E-state index contributed by atoms with van der Waals surface area (Å²) in [6, 6.07) is 15.0. The van der Waals surface area contributed by atoms with Crippen LogP contribution in [0, 0.1) is 5.92 Å². The Balaban J connectivity index is 1.88. The monoisotopic (exact) mass is 409 g/mol. The maximum atomic E-state index is 12.5. The van der Waals surface area contributed by atoms with E-state index in [1.807, 2.05) is 42.5 Å². The summed E-state index contributed by atoms with van der Waals surface area (Å²) in [5.74, 6) is 1.64. The van der Waals surface area contributed by atoms with E-state index < -0.39 is 6.09 Å². The van der Waals surface area contributed by atoms with Crippen molar-refractivity contribution in [1.29, 1.82) is 0 Å². The number of nitrogens with zero attached hydrogens (tertiary/aromatic N) is 1. The molecular formula is C23H27N3O4. The van der Waals surface area contributed by atoms with E-state index in [2.05, 4.69) is 29.4 Å². The molecule has 7 heteroatoms. The molecule has 1 heterocycles. The number of rotatable bonds is 8. The molecule has 2 aromatic carbocycles. The van der Waals surface area contributed by atoms with Crippen LogP contribution in [-0.2, 0) is 17.8 Å². The second kappa shape index (κ2) is 9.82. The second-order valence-electron chi connectivity index (χ2n) is 7.28. The van der Waals surface area contributed by atoms with Crippen molar-refractivity contribution in [3.63, 3.8) is 0 Å². The fourth-order valence-corrected chi connectivity index (χ4v) is 3.12. The van der Waals surface area contributed by atoms with Crippen LogP contribution >= 0.6 is 0 Å². The van der Waals surface area contributed by atoms with Gasteiger partial charge in [-0.3, -0.25) is 10.4 Å². The van der Waals surface area contributed by atoms with E-state index >= 15 is 0 Å². The molecule has 0 aliphatic carbocycles. The molecule has 0 radical (unpaired) electrons. The number of amides is 1. The normalized spacial score (nSPS) is 10.7. The number of methoxy groups -OCH3 is 2. The van der Waals surface area contributed by atoms with Gasteiger partial charge in [0, 0.05) is 11.6 Å². The molecule has 7 nitrogen and oxygen atoms in total. The number of H-pyrrole nitrogens is 1. The highest BCUT2D eigenvalue weighted by molar-refractivity contribution is 5.92. The average Bonchev–Trinajstić information content (AvgIpc) is 3.13. The van der Waals surface area contributed by atoms with Crippen molar-refractivity contribution < 1.29 is 19.0 Å². The minimum absolute atomic E-state index is 0.186. The van der Waals surface area contributed by atoms with Crippen LogP contribution in [0.2, 0.25) is 0 Å². The summed E-state index contributed by atoms with van der Waals surface area (Å²) in [5.41, 5.74) is 3.66. The van der Waals surface area contributed by atoms with Gasteiger partial charge >= 0.3 is 6.09 Å². The van der Waals surface area contributed by atoms with Gasteiger partial charge in [0.1, 0.15) is 23.8 Å². The highest BCUT2D eigenvalue weighted by Gasteiger charge is 2.21. The third-order valence-electron chi connectivity index (χ3n) is 4.56. The Morgan fingerprint density at radius 1 is 1.10 bits per heavy atom. The predicted molar refractivity (Wildman–Crippen MR) is 116 cm³/mol. The Bertz CT molecular complexity index is 983. The Labute approximate surface area is 176 Å². The summed E-state index contributed by atoms with van der Waals surface area (Å²) in [7, 11) is 3.18. The Hall–Kier alpha value is -3.48. The number of ether oxygens (including phenoxy) is 3. The molecule has 0 saturated carbocycles. The number of benzene rings is 2. The van der Waals surface area contributed by atoms with Crippen LogP contribution in [0.15, 0.2) is 48.5 Å². The molecule has 1 aromatic heterocycles. The standard InChI is InChI=1S/C23H27N3O4/c1-15(2)12-19-22(24-23(27)30-14-16-8-6-5-7-9-16)21(26-25-19)18-11-10-17(28-3)13-20(18)29-4/h5-11,13,15H,12,14H2,1-4H3,(H,24,27)(H,25,26). The summed E-state index contributed by atoms with van der Waals surface area (Å²) in [4.78, 5) is 12.5. The molecule has 2 N–H and O–H groups in total. The Kier molecular flexibility index (Phi) is 6.95. The first-order chi connectivity index (χ1) is 14.5.